The van der Waals surface area contributed by atoms with Crippen LogP contribution >= 0.6 is 0 Å². The number of ether oxygens (including phenoxy) is 1. The zero-order chi connectivity index (χ0) is 22.1. The Morgan fingerprint density at radius 3 is 2.55 bits per heavy atom. The van der Waals surface area contributed by atoms with Crippen LogP contribution in [0.2, 0.25) is 0 Å². The fourth-order valence-corrected chi connectivity index (χ4v) is 5.45. The molecule has 31 heavy (non-hydrogen) atoms. The van der Waals surface area contributed by atoms with Crippen molar-refractivity contribution in [2.24, 2.45) is 0 Å². The van der Waals surface area contributed by atoms with Gasteiger partial charge in [0.15, 0.2) is 5.69 Å². The molecule has 1 fully saturated rings. The van der Waals surface area contributed by atoms with Crippen LogP contribution in [0.15, 0.2) is 54.5 Å². The molecule has 1 saturated heterocycles. The van der Waals surface area contributed by atoms with Crippen LogP contribution in [-0.4, -0.2) is 51.1 Å². The molecule has 6 nitrogen and oxygen atoms in total. The van der Waals surface area contributed by atoms with Gasteiger partial charge in [0.25, 0.3) is 5.91 Å². The van der Waals surface area contributed by atoms with Gasteiger partial charge in [-0.3, -0.25) is 9.00 Å². The average Bonchev–Trinajstić information content (AvgIpc) is 3.16. The zero-order valence-electron chi connectivity index (χ0n) is 18.0. The largest absolute Gasteiger partial charge is 0.378 e. The maximum Gasteiger partial charge on any atom is 0.274 e. The van der Waals surface area contributed by atoms with E-state index in [9.17, 15) is 9.00 Å². The zero-order valence-corrected chi connectivity index (χ0v) is 18.8. The summed E-state index contributed by atoms with van der Waals surface area (Å²) >= 11 is 0. The lowest BCUT2D eigenvalue weighted by atomic mass is 10.00. The first kappa shape index (κ1) is 21.5. The van der Waals surface area contributed by atoms with E-state index in [-0.39, 0.29) is 17.6 Å². The molecule has 1 atom stereocenters. The van der Waals surface area contributed by atoms with Gasteiger partial charge in [0.1, 0.15) is 0 Å². The van der Waals surface area contributed by atoms with Crippen molar-refractivity contribution in [3.63, 3.8) is 0 Å². The molecule has 162 valence electrons. The normalized spacial score (nSPS) is 18.8. The number of para-hydroxylation sites is 1. The van der Waals surface area contributed by atoms with Crippen LogP contribution in [0.3, 0.4) is 0 Å². The predicted molar refractivity (Wildman–Crippen MR) is 124 cm³/mol. The summed E-state index contributed by atoms with van der Waals surface area (Å²) in [4.78, 5) is 15.8. The molecule has 0 saturated carbocycles. The molecule has 1 amide bonds. The highest BCUT2D eigenvalue weighted by molar-refractivity contribution is 7.88. The maximum atomic E-state index is 13.4. The summed E-state index contributed by atoms with van der Waals surface area (Å²) < 4.78 is 20.2. The SMILES string of the molecule is C=CC1=C(C=C)S(=O)Cc2c(C(=O)N3CCOCC3)nn(-c3ccccc3C(C)C)c21. The Kier molecular flexibility index (Phi) is 6.07. The molecule has 1 aromatic carbocycles. The maximum absolute atomic E-state index is 13.4. The predicted octanol–water partition coefficient (Wildman–Crippen LogP) is 3.81. The van der Waals surface area contributed by atoms with Crippen LogP contribution in [0.1, 0.15) is 47.1 Å². The standard InChI is InChI=1S/C24H27N3O3S/c1-5-17-21(6-2)31(29)15-19-22(24(28)26-11-13-30-14-12-26)25-27(23(17)19)20-10-8-7-9-18(20)16(3)4/h5-10,16H,1-2,11-15H2,3-4H3. The smallest absolute Gasteiger partial charge is 0.274 e. The molecule has 1 aromatic heterocycles. The van der Waals surface area contributed by atoms with Crippen molar-refractivity contribution in [2.75, 3.05) is 26.3 Å². The Hall–Kier alpha value is -2.77. The van der Waals surface area contributed by atoms with Gasteiger partial charge in [0.2, 0.25) is 0 Å². The third kappa shape index (κ3) is 3.72. The molecule has 4 rings (SSSR count). The van der Waals surface area contributed by atoms with Crippen LogP contribution in [-0.2, 0) is 21.3 Å². The summed E-state index contributed by atoms with van der Waals surface area (Å²) in [7, 11) is -1.32. The summed E-state index contributed by atoms with van der Waals surface area (Å²) in [6.45, 7) is 14.1. The molecule has 0 aliphatic carbocycles. The lowest BCUT2D eigenvalue weighted by Gasteiger charge is -2.26. The highest BCUT2D eigenvalue weighted by Crippen LogP contribution is 2.38. The van der Waals surface area contributed by atoms with Gasteiger partial charge in [0, 0.05) is 29.1 Å². The molecule has 0 N–H and O–H groups in total. The highest BCUT2D eigenvalue weighted by Gasteiger charge is 2.34. The van der Waals surface area contributed by atoms with E-state index in [0.717, 1.165) is 16.9 Å². The van der Waals surface area contributed by atoms with E-state index in [2.05, 4.69) is 33.1 Å². The third-order valence-electron chi connectivity index (χ3n) is 5.70. The summed E-state index contributed by atoms with van der Waals surface area (Å²) in [6.07, 6.45) is 3.30. The first-order chi connectivity index (χ1) is 15.0. The Morgan fingerprint density at radius 2 is 1.90 bits per heavy atom. The molecule has 0 spiro atoms. The van der Waals surface area contributed by atoms with Crippen LogP contribution < -0.4 is 0 Å². The van der Waals surface area contributed by atoms with Gasteiger partial charge in [-0.15, -0.1) is 0 Å². The van der Waals surface area contributed by atoms with Gasteiger partial charge < -0.3 is 9.64 Å². The Labute approximate surface area is 185 Å². The van der Waals surface area contributed by atoms with E-state index in [1.165, 1.54) is 0 Å². The Morgan fingerprint density at radius 1 is 1.19 bits per heavy atom. The molecule has 2 aromatic rings. The second-order valence-corrected chi connectivity index (χ2v) is 9.30. The monoisotopic (exact) mass is 437 g/mol. The number of allylic oxidation sites excluding steroid dienone is 3. The van der Waals surface area contributed by atoms with Gasteiger partial charge in [-0.25, -0.2) is 4.68 Å². The molecule has 1 unspecified atom stereocenters. The summed E-state index contributed by atoms with van der Waals surface area (Å²) in [5.74, 6) is 0.341. The van der Waals surface area contributed by atoms with Crippen molar-refractivity contribution in [1.29, 1.82) is 0 Å². The van der Waals surface area contributed by atoms with Crippen LogP contribution in [0.5, 0.6) is 0 Å². The number of aromatic nitrogens is 2. The fraction of sp³-hybridized carbons (Fsp3) is 0.333. The molecule has 0 bridgehead atoms. The quantitative estimate of drug-likeness (QED) is 0.714. The number of nitrogens with zero attached hydrogens (tertiary/aromatic N) is 3. The van der Waals surface area contributed by atoms with Crippen molar-refractivity contribution in [1.82, 2.24) is 14.7 Å². The molecule has 7 heteroatoms. The Bertz CT molecular complexity index is 1110. The topological polar surface area (TPSA) is 64.4 Å². The fourth-order valence-electron chi connectivity index (χ4n) is 4.14. The van der Waals surface area contributed by atoms with E-state index in [1.54, 1.807) is 17.1 Å². The molecular formula is C24H27N3O3S. The van der Waals surface area contributed by atoms with Crippen molar-refractivity contribution in [2.45, 2.75) is 25.5 Å². The van der Waals surface area contributed by atoms with Gasteiger partial charge in [0.05, 0.1) is 41.1 Å². The molecule has 0 radical (unpaired) electrons. The number of morpholine rings is 1. The van der Waals surface area contributed by atoms with Crippen LogP contribution in [0.4, 0.5) is 0 Å². The van der Waals surface area contributed by atoms with Crippen LogP contribution in [0, 0.1) is 0 Å². The molecule has 2 aliphatic rings. The van der Waals surface area contributed by atoms with Crippen molar-refractivity contribution < 1.29 is 13.7 Å². The number of fused-ring (bicyclic) bond motifs is 1. The number of hydrogen-bond acceptors (Lipinski definition) is 4. The second-order valence-electron chi connectivity index (χ2n) is 7.88. The van der Waals surface area contributed by atoms with Gasteiger partial charge in [-0.05, 0) is 17.5 Å². The average molecular weight is 438 g/mol. The van der Waals surface area contributed by atoms with Gasteiger partial charge in [-0.1, -0.05) is 57.4 Å². The number of rotatable bonds is 5. The van der Waals surface area contributed by atoms with Crippen molar-refractivity contribution in [3.8, 4) is 5.69 Å². The molecular weight excluding hydrogens is 410 g/mol. The van der Waals surface area contributed by atoms with Gasteiger partial charge >= 0.3 is 0 Å². The van der Waals surface area contributed by atoms with Crippen LogP contribution in [0.25, 0.3) is 11.3 Å². The number of carbonyl (C=O) groups is 1. The minimum atomic E-state index is -1.32. The number of carbonyl (C=O) groups excluding carboxylic acids is 1. The number of benzene rings is 1. The van der Waals surface area contributed by atoms with Gasteiger partial charge in [-0.2, -0.15) is 5.10 Å². The van der Waals surface area contributed by atoms with E-state index in [4.69, 9.17) is 9.84 Å². The highest BCUT2D eigenvalue weighted by atomic mass is 32.2. The molecule has 3 heterocycles. The van der Waals surface area contributed by atoms with E-state index >= 15 is 0 Å². The number of amides is 1. The van der Waals surface area contributed by atoms with E-state index in [0.29, 0.717) is 48.0 Å². The number of hydrogen-bond donors (Lipinski definition) is 0. The summed E-state index contributed by atoms with van der Waals surface area (Å²) in [6, 6.07) is 8.05. The summed E-state index contributed by atoms with van der Waals surface area (Å²) in [5, 5.41) is 4.82. The molecule has 2 aliphatic heterocycles. The van der Waals surface area contributed by atoms with E-state index in [1.807, 2.05) is 22.9 Å². The lowest BCUT2D eigenvalue weighted by molar-refractivity contribution is 0.0298. The minimum absolute atomic E-state index is 0.150. The minimum Gasteiger partial charge on any atom is -0.378 e. The van der Waals surface area contributed by atoms with E-state index < -0.39 is 10.8 Å². The Balaban J connectivity index is 1.98. The second kappa shape index (κ2) is 8.77. The van der Waals surface area contributed by atoms with Crippen molar-refractivity contribution >= 4 is 22.3 Å². The first-order valence-electron chi connectivity index (χ1n) is 10.4. The first-order valence-corrected chi connectivity index (χ1v) is 11.8. The lowest BCUT2D eigenvalue weighted by Crippen LogP contribution is -2.41. The third-order valence-corrected chi connectivity index (χ3v) is 7.13. The summed E-state index contributed by atoms with van der Waals surface area (Å²) in [5.41, 5.74) is 4.56. The van der Waals surface area contributed by atoms with Crippen molar-refractivity contribution in [3.05, 3.63) is 77.0 Å².